The Labute approximate surface area is 80.7 Å². The second-order valence-electron chi connectivity index (χ2n) is 3.63. The highest BCUT2D eigenvalue weighted by molar-refractivity contribution is 5.67. The highest BCUT2D eigenvalue weighted by Crippen LogP contribution is 2.14. The zero-order valence-corrected chi connectivity index (χ0v) is 9.08. The molecule has 0 bridgehead atoms. The van der Waals surface area contributed by atoms with Crippen molar-refractivity contribution < 1.29 is 9.90 Å². The van der Waals surface area contributed by atoms with E-state index in [4.69, 9.17) is 5.11 Å². The summed E-state index contributed by atoms with van der Waals surface area (Å²) >= 11 is 0. The average Bonchev–Trinajstić information content (AvgIpc) is 2.04. The third kappa shape index (κ3) is 4.27. The van der Waals surface area contributed by atoms with Crippen LogP contribution in [0.1, 0.15) is 34.1 Å². The predicted molar refractivity (Wildman–Crippen MR) is 53.8 cm³/mol. The SMILES string of the molecule is CCN(CC)C(CC(=O)O)C(C)C. The molecule has 0 aromatic carbocycles. The molecule has 0 aromatic heterocycles. The fourth-order valence-electron chi connectivity index (χ4n) is 1.66. The van der Waals surface area contributed by atoms with Crippen LogP contribution in [0.15, 0.2) is 0 Å². The molecule has 1 unspecified atom stereocenters. The number of rotatable bonds is 6. The zero-order valence-electron chi connectivity index (χ0n) is 9.08. The summed E-state index contributed by atoms with van der Waals surface area (Å²) in [5, 5.41) is 8.75. The van der Waals surface area contributed by atoms with E-state index >= 15 is 0 Å². The quantitative estimate of drug-likeness (QED) is 0.689. The Morgan fingerprint density at radius 3 is 2.00 bits per heavy atom. The van der Waals surface area contributed by atoms with E-state index in [0.717, 1.165) is 13.1 Å². The van der Waals surface area contributed by atoms with Gasteiger partial charge in [-0.05, 0) is 19.0 Å². The van der Waals surface area contributed by atoms with E-state index in [-0.39, 0.29) is 12.5 Å². The average molecular weight is 187 g/mol. The van der Waals surface area contributed by atoms with Crippen molar-refractivity contribution in [3.63, 3.8) is 0 Å². The van der Waals surface area contributed by atoms with Crippen LogP contribution in [-0.2, 0) is 4.79 Å². The first-order chi connectivity index (χ1) is 6.02. The van der Waals surface area contributed by atoms with Gasteiger partial charge >= 0.3 is 5.97 Å². The summed E-state index contributed by atoms with van der Waals surface area (Å²) in [6, 6.07) is 0.174. The molecular formula is C10H21NO2. The Bertz CT molecular complexity index is 153. The Balaban J connectivity index is 4.29. The molecule has 0 aliphatic rings. The summed E-state index contributed by atoms with van der Waals surface area (Å²) in [6.07, 6.45) is 0.249. The van der Waals surface area contributed by atoms with Crippen LogP contribution in [0, 0.1) is 5.92 Å². The molecule has 0 rings (SSSR count). The van der Waals surface area contributed by atoms with Crippen molar-refractivity contribution in [1.82, 2.24) is 4.90 Å². The lowest BCUT2D eigenvalue weighted by atomic mass is 9.99. The summed E-state index contributed by atoms with van der Waals surface area (Å²) in [5.74, 6) is -0.304. The predicted octanol–water partition coefficient (Wildman–Crippen LogP) is 1.83. The van der Waals surface area contributed by atoms with Crippen LogP contribution in [0.3, 0.4) is 0 Å². The van der Waals surface area contributed by atoms with Gasteiger partial charge in [0.15, 0.2) is 0 Å². The monoisotopic (exact) mass is 187 g/mol. The van der Waals surface area contributed by atoms with Crippen LogP contribution < -0.4 is 0 Å². The molecule has 13 heavy (non-hydrogen) atoms. The molecule has 0 aromatic rings. The molecule has 1 N–H and O–H groups in total. The van der Waals surface area contributed by atoms with E-state index in [1.807, 2.05) is 0 Å². The maximum absolute atomic E-state index is 10.6. The number of carbonyl (C=O) groups is 1. The number of hydrogen-bond donors (Lipinski definition) is 1. The van der Waals surface area contributed by atoms with E-state index in [9.17, 15) is 4.79 Å². The molecule has 1 atom stereocenters. The normalized spacial score (nSPS) is 13.7. The van der Waals surface area contributed by atoms with Gasteiger partial charge < -0.3 is 10.0 Å². The lowest BCUT2D eigenvalue weighted by molar-refractivity contribution is -0.138. The smallest absolute Gasteiger partial charge is 0.304 e. The number of carboxylic acids is 1. The molecule has 0 spiro atoms. The van der Waals surface area contributed by atoms with E-state index in [0.29, 0.717) is 5.92 Å². The minimum atomic E-state index is -0.703. The molecule has 78 valence electrons. The highest BCUT2D eigenvalue weighted by atomic mass is 16.4. The van der Waals surface area contributed by atoms with Gasteiger partial charge in [-0.25, -0.2) is 0 Å². The van der Waals surface area contributed by atoms with Gasteiger partial charge in [0, 0.05) is 6.04 Å². The highest BCUT2D eigenvalue weighted by Gasteiger charge is 2.21. The first-order valence-electron chi connectivity index (χ1n) is 4.98. The Hall–Kier alpha value is -0.570. The lowest BCUT2D eigenvalue weighted by Crippen LogP contribution is -2.40. The van der Waals surface area contributed by atoms with Gasteiger partial charge in [0.2, 0.25) is 0 Å². The number of carboxylic acid groups (broad SMARTS) is 1. The van der Waals surface area contributed by atoms with Crippen LogP contribution in [0.25, 0.3) is 0 Å². The van der Waals surface area contributed by atoms with Gasteiger partial charge in [0.05, 0.1) is 6.42 Å². The molecule has 0 radical (unpaired) electrons. The largest absolute Gasteiger partial charge is 0.481 e. The second-order valence-corrected chi connectivity index (χ2v) is 3.63. The van der Waals surface area contributed by atoms with Crippen LogP contribution in [0.4, 0.5) is 0 Å². The van der Waals surface area contributed by atoms with Crippen molar-refractivity contribution in [3.8, 4) is 0 Å². The van der Waals surface area contributed by atoms with Gasteiger partial charge in [0.1, 0.15) is 0 Å². The van der Waals surface area contributed by atoms with Crippen molar-refractivity contribution >= 4 is 5.97 Å². The number of hydrogen-bond acceptors (Lipinski definition) is 2. The maximum atomic E-state index is 10.6. The van der Waals surface area contributed by atoms with Crippen LogP contribution in [0.2, 0.25) is 0 Å². The van der Waals surface area contributed by atoms with E-state index in [1.165, 1.54) is 0 Å². The summed E-state index contributed by atoms with van der Waals surface area (Å²) in [4.78, 5) is 12.8. The Morgan fingerprint density at radius 1 is 1.31 bits per heavy atom. The van der Waals surface area contributed by atoms with E-state index in [1.54, 1.807) is 0 Å². The van der Waals surface area contributed by atoms with Gasteiger partial charge in [-0.2, -0.15) is 0 Å². The van der Waals surface area contributed by atoms with Gasteiger partial charge in [-0.1, -0.05) is 27.7 Å². The molecule has 0 fully saturated rings. The third-order valence-electron chi connectivity index (χ3n) is 2.43. The molecular weight excluding hydrogens is 166 g/mol. The Morgan fingerprint density at radius 2 is 1.77 bits per heavy atom. The van der Waals surface area contributed by atoms with Crippen molar-refractivity contribution in [1.29, 1.82) is 0 Å². The fourth-order valence-corrected chi connectivity index (χ4v) is 1.66. The summed E-state index contributed by atoms with van der Waals surface area (Å²) in [5.41, 5.74) is 0. The molecule has 0 aliphatic heterocycles. The molecule has 0 amide bonds. The number of aliphatic carboxylic acids is 1. The van der Waals surface area contributed by atoms with Crippen molar-refractivity contribution in [3.05, 3.63) is 0 Å². The zero-order chi connectivity index (χ0) is 10.4. The van der Waals surface area contributed by atoms with Crippen LogP contribution in [-0.4, -0.2) is 35.1 Å². The van der Waals surface area contributed by atoms with Crippen molar-refractivity contribution in [2.45, 2.75) is 40.2 Å². The first-order valence-corrected chi connectivity index (χ1v) is 4.98. The van der Waals surface area contributed by atoms with Gasteiger partial charge in [0.25, 0.3) is 0 Å². The molecule has 3 nitrogen and oxygen atoms in total. The molecule has 0 heterocycles. The molecule has 0 saturated heterocycles. The fraction of sp³-hybridized carbons (Fsp3) is 0.900. The first kappa shape index (κ1) is 12.4. The molecule has 3 heteroatoms. The summed E-state index contributed by atoms with van der Waals surface area (Å²) < 4.78 is 0. The maximum Gasteiger partial charge on any atom is 0.304 e. The van der Waals surface area contributed by atoms with E-state index in [2.05, 4.69) is 32.6 Å². The second kappa shape index (κ2) is 5.97. The van der Waals surface area contributed by atoms with Crippen molar-refractivity contribution in [2.24, 2.45) is 5.92 Å². The lowest BCUT2D eigenvalue weighted by Gasteiger charge is -2.31. The summed E-state index contributed by atoms with van der Waals surface area (Å²) in [6.45, 7) is 10.1. The summed E-state index contributed by atoms with van der Waals surface area (Å²) in [7, 11) is 0. The minimum Gasteiger partial charge on any atom is -0.481 e. The molecule has 0 aliphatic carbocycles. The van der Waals surface area contributed by atoms with Gasteiger partial charge in [-0.15, -0.1) is 0 Å². The van der Waals surface area contributed by atoms with Gasteiger partial charge in [-0.3, -0.25) is 4.79 Å². The number of nitrogens with zero attached hydrogens (tertiary/aromatic N) is 1. The van der Waals surface area contributed by atoms with E-state index < -0.39 is 5.97 Å². The topological polar surface area (TPSA) is 40.5 Å². The standard InChI is InChI=1S/C10H21NO2/c1-5-11(6-2)9(8(3)4)7-10(12)13/h8-9H,5-7H2,1-4H3,(H,12,13). The Kier molecular flexibility index (Phi) is 5.71. The third-order valence-corrected chi connectivity index (χ3v) is 2.43. The molecule has 0 saturated carbocycles. The van der Waals surface area contributed by atoms with Crippen molar-refractivity contribution in [2.75, 3.05) is 13.1 Å². The van der Waals surface area contributed by atoms with Crippen LogP contribution in [0.5, 0.6) is 0 Å². The minimum absolute atomic E-state index is 0.174. The van der Waals surface area contributed by atoms with Crippen LogP contribution >= 0.6 is 0 Å².